The number of halogens is 1. The number of aromatic nitrogens is 1. The van der Waals surface area contributed by atoms with Crippen LogP contribution in [0.2, 0.25) is 5.02 Å². The molecule has 1 atom stereocenters. The quantitative estimate of drug-likeness (QED) is 0.587. The lowest BCUT2D eigenvalue weighted by atomic mass is 9.95. The van der Waals surface area contributed by atoms with Crippen molar-refractivity contribution in [3.8, 4) is 0 Å². The van der Waals surface area contributed by atoms with Gasteiger partial charge in [0.15, 0.2) is 0 Å². The molecule has 1 N–H and O–H groups in total. The number of rotatable bonds is 4. The molecular formula is C24H28ClN3O2S. The Hall–Kier alpha value is -2.31. The van der Waals surface area contributed by atoms with E-state index in [4.69, 9.17) is 11.6 Å². The van der Waals surface area contributed by atoms with Crippen molar-refractivity contribution in [2.45, 2.75) is 45.7 Å². The number of fused-ring (bicyclic) bond motifs is 1. The van der Waals surface area contributed by atoms with E-state index in [2.05, 4.69) is 9.88 Å². The zero-order chi connectivity index (χ0) is 22.2. The lowest BCUT2D eigenvalue weighted by Crippen LogP contribution is -2.50. The number of hydrogen-bond donors (Lipinski definition) is 1. The predicted molar refractivity (Wildman–Crippen MR) is 127 cm³/mol. The fourth-order valence-electron chi connectivity index (χ4n) is 4.14. The zero-order valence-corrected chi connectivity index (χ0v) is 19.7. The third kappa shape index (κ3) is 4.96. The number of piperidine rings is 1. The Morgan fingerprint density at radius 3 is 2.77 bits per heavy atom. The van der Waals surface area contributed by atoms with E-state index in [0.717, 1.165) is 28.6 Å². The molecule has 0 spiro atoms. The summed E-state index contributed by atoms with van der Waals surface area (Å²) < 4.78 is 2.08. The van der Waals surface area contributed by atoms with Crippen molar-refractivity contribution >= 4 is 45.0 Å². The highest BCUT2D eigenvalue weighted by molar-refractivity contribution is 7.16. The van der Waals surface area contributed by atoms with E-state index in [0.29, 0.717) is 30.4 Å². The molecule has 5 nitrogen and oxygen atoms in total. The third-order valence-corrected chi connectivity index (χ3v) is 6.72. The highest BCUT2D eigenvalue weighted by Gasteiger charge is 2.32. The predicted octanol–water partition coefficient (Wildman–Crippen LogP) is 5.17. The maximum Gasteiger partial charge on any atom is 0.270 e. The number of likely N-dealkylation sites (tertiary alicyclic amines) is 1. The summed E-state index contributed by atoms with van der Waals surface area (Å²) in [6.45, 7) is 7.64. The molecule has 0 bridgehead atoms. The van der Waals surface area contributed by atoms with Gasteiger partial charge in [-0.2, -0.15) is 0 Å². The van der Waals surface area contributed by atoms with E-state index in [1.54, 1.807) is 11.3 Å². The van der Waals surface area contributed by atoms with Crippen molar-refractivity contribution in [3.63, 3.8) is 0 Å². The first kappa shape index (κ1) is 21.9. The van der Waals surface area contributed by atoms with Crippen LogP contribution in [0, 0.1) is 5.92 Å². The number of amides is 2. The van der Waals surface area contributed by atoms with Gasteiger partial charge in [-0.25, -0.2) is 0 Å². The van der Waals surface area contributed by atoms with Gasteiger partial charge in [-0.15, -0.1) is 11.3 Å². The van der Waals surface area contributed by atoms with Gasteiger partial charge in [-0.3, -0.25) is 9.59 Å². The molecular weight excluding hydrogens is 430 g/mol. The van der Waals surface area contributed by atoms with Crippen LogP contribution in [0.15, 0.2) is 41.8 Å². The molecule has 0 saturated carbocycles. The molecule has 3 aromatic rings. The van der Waals surface area contributed by atoms with Crippen LogP contribution in [0.25, 0.3) is 10.2 Å². The van der Waals surface area contributed by atoms with E-state index >= 15 is 0 Å². The van der Waals surface area contributed by atoms with Gasteiger partial charge in [0.25, 0.3) is 5.91 Å². The lowest BCUT2D eigenvalue weighted by molar-refractivity contribution is -0.127. The highest BCUT2D eigenvalue weighted by Crippen LogP contribution is 2.29. The van der Waals surface area contributed by atoms with Crippen LogP contribution < -0.4 is 5.32 Å². The average Bonchev–Trinajstić information content (AvgIpc) is 3.29. The molecule has 1 aliphatic rings. The Morgan fingerprint density at radius 1 is 1.23 bits per heavy atom. The molecule has 0 aliphatic carbocycles. The first-order valence-electron chi connectivity index (χ1n) is 10.6. The lowest BCUT2D eigenvalue weighted by Gasteiger charge is -2.34. The monoisotopic (exact) mass is 457 g/mol. The van der Waals surface area contributed by atoms with E-state index in [1.165, 1.54) is 0 Å². The van der Waals surface area contributed by atoms with Crippen LogP contribution in [-0.2, 0) is 11.3 Å². The van der Waals surface area contributed by atoms with Crippen LogP contribution >= 0.6 is 22.9 Å². The summed E-state index contributed by atoms with van der Waals surface area (Å²) in [6, 6.07) is 11.7. The Labute approximate surface area is 192 Å². The number of thiophene rings is 1. The largest absolute Gasteiger partial charge is 0.351 e. The number of nitrogens with zero attached hydrogens (tertiary/aromatic N) is 2. The summed E-state index contributed by atoms with van der Waals surface area (Å²) in [5.41, 5.74) is 1.44. The van der Waals surface area contributed by atoms with Gasteiger partial charge in [0, 0.05) is 35.6 Å². The van der Waals surface area contributed by atoms with Crippen molar-refractivity contribution in [3.05, 3.63) is 58.1 Å². The van der Waals surface area contributed by atoms with Gasteiger partial charge < -0.3 is 14.8 Å². The Kier molecular flexibility index (Phi) is 6.13. The third-order valence-electron chi connectivity index (χ3n) is 5.53. The minimum Gasteiger partial charge on any atom is -0.351 e. The molecule has 1 fully saturated rings. The average molecular weight is 458 g/mol. The maximum atomic E-state index is 13.6. The van der Waals surface area contributed by atoms with Gasteiger partial charge in [0.2, 0.25) is 5.91 Å². The van der Waals surface area contributed by atoms with E-state index in [-0.39, 0.29) is 23.3 Å². The van der Waals surface area contributed by atoms with Crippen molar-refractivity contribution < 1.29 is 9.59 Å². The van der Waals surface area contributed by atoms with Gasteiger partial charge in [-0.05, 0) is 68.8 Å². The van der Waals surface area contributed by atoms with Crippen molar-refractivity contribution in [2.24, 2.45) is 5.92 Å². The second kappa shape index (κ2) is 8.67. The van der Waals surface area contributed by atoms with Gasteiger partial charge >= 0.3 is 0 Å². The first-order chi connectivity index (χ1) is 14.7. The molecule has 1 aliphatic heterocycles. The van der Waals surface area contributed by atoms with Gasteiger partial charge in [0.1, 0.15) is 10.5 Å². The van der Waals surface area contributed by atoms with Gasteiger partial charge in [0.05, 0.1) is 5.92 Å². The minimum absolute atomic E-state index is 0.0151. The van der Waals surface area contributed by atoms with E-state index in [9.17, 15) is 9.59 Å². The van der Waals surface area contributed by atoms with Crippen LogP contribution in [0.5, 0.6) is 0 Å². The molecule has 31 heavy (non-hydrogen) atoms. The zero-order valence-electron chi connectivity index (χ0n) is 18.2. The standard InChI is InChI=1S/C24H28ClN3O2S/c1-24(2,3)26-21(29)18-7-5-10-27(15-18)22(30)20-13-17-9-11-31-23(17)28(20)14-16-6-4-8-19(25)12-16/h4,6,8-9,11-13,18H,5,7,10,14-15H2,1-3H3,(H,26,29)/t18-/m1/s1. The van der Waals surface area contributed by atoms with E-state index < -0.39 is 0 Å². The Balaban J connectivity index is 1.59. The summed E-state index contributed by atoms with van der Waals surface area (Å²) in [4.78, 5) is 29.2. The second-order valence-corrected chi connectivity index (χ2v) is 10.6. The number of hydrogen-bond acceptors (Lipinski definition) is 3. The highest BCUT2D eigenvalue weighted by atomic mass is 35.5. The Bertz CT molecular complexity index is 1110. The normalized spacial score (nSPS) is 17.2. The smallest absolute Gasteiger partial charge is 0.270 e. The molecule has 1 aromatic carbocycles. The molecule has 0 unspecified atom stereocenters. The fourth-order valence-corrected chi connectivity index (χ4v) is 5.25. The molecule has 4 rings (SSSR count). The van der Waals surface area contributed by atoms with Gasteiger partial charge in [-0.1, -0.05) is 23.7 Å². The van der Waals surface area contributed by atoms with Crippen molar-refractivity contribution in [1.82, 2.24) is 14.8 Å². The summed E-state index contributed by atoms with van der Waals surface area (Å²) in [7, 11) is 0. The summed E-state index contributed by atoms with van der Waals surface area (Å²) in [5, 5.41) is 6.85. The van der Waals surface area contributed by atoms with Crippen molar-refractivity contribution in [1.29, 1.82) is 0 Å². The van der Waals surface area contributed by atoms with Crippen LogP contribution in [-0.4, -0.2) is 39.9 Å². The van der Waals surface area contributed by atoms with Crippen LogP contribution in [0.3, 0.4) is 0 Å². The molecule has 1 saturated heterocycles. The summed E-state index contributed by atoms with van der Waals surface area (Å²) in [6.07, 6.45) is 1.64. The van der Waals surface area contributed by atoms with E-state index in [1.807, 2.05) is 67.4 Å². The summed E-state index contributed by atoms with van der Waals surface area (Å²) in [5.74, 6) is -0.159. The number of carbonyl (C=O) groups excluding carboxylic acids is 2. The number of nitrogens with one attached hydrogen (secondary N) is 1. The molecule has 2 amide bonds. The molecule has 7 heteroatoms. The maximum absolute atomic E-state index is 13.6. The second-order valence-electron chi connectivity index (χ2n) is 9.26. The molecule has 0 radical (unpaired) electrons. The molecule has 2 aromatic heterocycles. The van der Waals surface area contributed by atoms with Crippen LogP contribution in [0.1, 0.15) is 49.7 Å². The number of benzene rings is 1. The number of carbonyl (C=O) groups is 2. The van der Waals surface area contributed by atoms with Crippen molar-refractivity contribution in [2.75, 3.05) is 13.1 Å². The van der Waals surface area contributed by atoms with Crippen LogP contribution in [0.4, 0.5) is 0 Å². The minimum atomic E-state index is -0.278. The molecule has 3 heterocycles. The fraction of sp³-hybridized carbons (Fsp3) is 0.417. The topological polar surface area (TPSA) is 54.3 Å². The SMILES string of the molecule is CC(C)(C)NC(=O)[C@@H]1CCCN(C(=O)c2cc3ccsc3n2Cc2cccc(Cl)c2)C1. The Morgan fingerprint density at radius 2 is 2.03 bits per heavy atom. The molecule has 164 valence electrons. The first-order valence-corrected chi connectivity index (χ1v) is 11.9. The summed E-state index contributed by atoms with van der Waals surface area (Å²) >= 11 is 7.81.